The summed E-state index contributed by atoms with van der Waals surface area (Å²) in [5.74, 6) is 0.362. The van der Waals surface area contributed by atoms with Crippen molar-refractivity contribution in [2.45, 2.75) is 32.0 Å². The standard InChI is InChI=1S/C25H21ClN2O3/c1-16-7-3-4-8-19(16)23(29)27-21-15-25(2,31-22-10-6-5-9-20(21)22)28(24(27)30)18-13-11-17(26)12-14-18/h3-14,21H,15H2,1-2H3/t21-,25+/m0/s1. The van der Waals surface area contributed by atoms with Crippen molar-refractivity contribution in [2.75, 3.05) is 4.90 Å². The minimum atomic E-state index is -0.938. The maximum absolute atomic E-state index is 13.9. The fourth-order valence-electron chi connectivity index (χ4n) is 4.55. The Balaban J connectivity index is 1.68. The average molecular weight is 433 g/mol. The van der Waals surface area contributed by atoms with Crippen LogP contribution >= 0.6 is 11.6 Å². The number of benzene rings is 3. The molecule has 2 heterocycles. The molecule has 6 heteroatoms. The molecule has 2 aliphatic heterocycles. The summed E-state index contributed by atoms with van der Waals surface area (Å²) >= 11 is 6.07. The number of hydrogen-bond donors (Lipinski definition) is 0. The molecule has 31 heavy (non-hydrogen) atoms. The van der Waals surface area contributed by atoms with E-state index in [4.69, 9.17) is 16.3 Å². The molecule has 0 radical (unpaired) electrons. The lowest BCUT2D eigenvalue weighted by molar-refractivity contribution is 0.00266. The van der Waals surface area contributed by atoms with E-state index >= 15 is 0 Å². The Morgan fingerprint density at radius 3 is 2.45 bits per heavy atom. The van der Waals surface area contributed by atoms with Gasteiger partial charge < -0.3 is 4.74 Å². The highest BCUT2D eigenvalue weighted by atomic mass is 35.5. The van der Waals surface area contributed by atoms with Gasteiger partial charge in [-0.25, -0.2) is 4.79 Å². The summed E-state index contributed by atoms with van der Waals surface area (Å²) in [5, 5.41) is 0.569. The molecule has 2 aliphatic rings. The Morgan fingerprint density at radius 1 is 1.03 bits per heavy atom. The molecule has 1 saturated heterocycles. The monoisotopic (exact) mass is 432 g/mol. The molecule has 3 amide bonds. The van der Waals surface area contributed by atoms with Gasteiger partial charge in [-0.05, 0) is 55.8 Å². The number of amides is 3. The van der Waals surface area contributed by atoms with Crippen molar-refractivity contribution in [3.63, 3.8) is 0 Å². The van der Waals surface area contributed by atoms with Crippen LogP contribution in [0.5, 0.6) is 5.75 Å². The van der Waals surface area contributed by atoms with E-state index in [-0.39, 0.29) is 5.91 Å². The number of rotatable bonds is 2. The van der Waals surface area contributed by atoms with Gasteiger partial charge in [0.1, 0.15) is 5.75 Å². The lowest BCUT2D eigenvalue weighted by atomic mass is 9.88. The molecular weight excluding hydrogens is 412 g/mol. The predicted molar refractivity (Wildman–Crippen MR) is 120 cm³/mol. The number of para-hydroxylation sites is 1. The molecule has 2 atom stereocenters. The zero-order valence-corrected chi connectivity index (χ0v) is 18.0. The van der Waals surface area contributed by atoms with Gasteiger partial charge in [-0.15, -0.1) is 0 Å². The first kappa shape index (κ1) is 19.6. The number of nitrogens with zero attached hydrogens (tertiary/aromatic N) is 2. The number of carbonyl (C=O) groups is 2. The number of imide groups is 1. The Hall–Kier alpha value is -3.31. The van der Waals surface area contributed by atoms with Crippen LogP contribution in [0.3, 0.4) is 0 Å². The molecule has 3 aromatic carbocycles. The third kappa shape index (κ3) is 3.08. The van der Waals surface area contributed by atoms with Gasteiger partial charge in [0.2, 0.25) is 0 Å². The van der Waals surface area contributed by atoms with Crippen LogP contribution in [-0.4, -0.2) is 22.6 Å². The topological polar surface area (TPSA) is 49.9 Å². The highest BCUT2D eigenvalue weighted by molar-refractivity contribution is 6.30. The zero-order chi connectivity index (χ0) is 21.8. The molecule has 0 aliphatic carbocycles. The third-order valence-corrected chi connectivity index (χ3v) is 6.29. The van der Waals surface area contributed by atoms with E-state index in [2.05, 4.69) is 0 Å². The van der Waals surface area contributed by atoms with Crippen LogP contribution in [0.25, 0.3) is 0 Å². The molecule has 3 aromatic rings. The lowest BCUT2D eigenvalue weighted by Crippen LogP contribution is -2.67. The number of anilines is 1. The van der Waals surface area contributed by atoms with Gasteiger partial charge in [0.25, 0.3) is 5.91 Å². The number of fused-ring (bicyclic) bond motifs is 4. The molecular formula is C25H21ClN2O3. The minimum absolute atomic E-state index is 0.314. The summed E-state index contributed by atoms with van der Waals surface area (Å²) in [6.45, 7) is 3.76. The van der Waals surface area contributed by atoms with E-state index in [0.717, 1.165) is 11.1 Å². The molecule has 0 saturated carbocycles. The molecule has 1 fully saturated rings. The van der Waals surface area contributed by atoms with E-state index in [1.54, 1.807) is 35.2 Å². The quantitative estimate of drug-likeness (QED) is 0.501. The maximum Gasteiger partial charge on any atom is 0.335 e. The Labute approximate surface area is 185 Å². The van der Waals surface area contributed by atoms with Gasteiger partial charge in [0, 0.05) is 28.3 Å². The van der Waals surface area contributed by atoms with Crippen LogP contribution in [0.2, 0.25) is 5.02 Å². The van der Waals surface area contributed by atoms with Gasteiger partial charge >= 0.3 is 6.03 Å². The second-order valence-electron chi connectivity index (χ2n) is 8.12. The molecule has 0 spiro atoms. The average Bonchev–Trinajstić information content (AvgIpc) is 2.75. The second-order valence-corrected chi connectivity index (χ2v) is 8.56. The summed E-state index contributed by atoms with van der Waals surface area (Å²) in [4.78, 5) is 30.5. The predicted octanol–water partition coefficient (Wildman–Crippen LogP) is 5.97. The van der Waals surface area contributed by atoms with E-state index in [1.807, 2.05) is 56.3 Å². The van der Waals surface area contributed by atoms with Gasteiger partial charge in [0.15, 0.2) is 5.72 Å². The first-order valence-electron chi connectivity index (χ1n) is 10.2. The SMILES string of the molecule is Cc1ccccc1C(=O)N1C(=O)N(c2ccc(Cl)cc2)[C@@]2(C)C[C@H]1c1ccccc1O2. The number of carbonyl (C=O) groups excluding carboxylic acids is 2. The first-order valence-corrected chi connectivity index (χ1v) is 10.5. The van der Waals surface area contributed by atoms with E-state index in [1.165, 1.54) is 4.90 Å². The number of ether oxygens (including phenoxy) is 1. The van der Waals surface area contributed by atoms with Crippen molar-refractivity contribution < 1.29 is 14.3 Å². The van der Waals surface area contributed by atoms with E-state index in [0.29, 0.717) is 28.4 Å². The van der Waals surface area contributed by atoms with Gasteiger partial charge in [-0.1, -0.05) is 48.0 Å². The van der Waals surface area contributed by atoms with Crippen molar-refractivity contribution in [2.24, 2.45) is 0 Å². The fraction of sp³-hybridized carbons (Fsp3) is 0.200. The minimum Gasteiger partial charge on any atom is -0.467 e. The molecule has 156 valence electrons. The summed E-state index contributed by atoms with van der Waals surface area (Å²) in [7, 11) is 0. The lowest BCUT2D eigenvalue weighted by Gasteiger charge is -2.53. The molecule has 5 nitrogen and oxygen atoms in total. The zero-order valence-electron chi connectivity index (χ0n) is 17.2. The molecule has 5 rings (SSSR count). The third-order valence-electron chi connectivity index (χ3n) is 6.04. The normalized spacial score (nSPS) is 22.0. The molecule has 0 unspecified atom stereocenters. The fourth-order valence-corrected chi connectivity index (χ4v) is 4.68. The highest BCUT2D eigenvalue weighted by Crippen LogP contribution is 2.49. The molecule has 2 bridgehead atoms. The Morgan fingerprint density at radius 2 is 1.71 bits per heavy atom. The van der Waals surface area contributed by atoms with Crippen LogP contribution in [0.1, 0.15) is 40.9 Å². The number of aryl methyl sites for hydroxylation is 1. The molecule has 0 aromatic heterocycles. The van der Waals surface area contributed by atoms with Gasteiger partial charge in [-0.3, -0.25) is 14.6 Å². The number of hydrogen-bond acceptors (Lipinski definition) is 3. The van der Waals surface area contributed by atoms with Crippen LogP contribution < -0.4 is 9.64 Å². The maximum atomic E-state index is 13.9. The summed E-state index contributed by atoms with van der Waals surface area (Å²) in [6.07, 6.45) is 0.454. The van der Waals surface area contributed by atoms with Crippen molar-refractivity contribution in [1.29, 1.82) is 0 Å². The summed E-state index contributed by atoms with van der Waals surface area (Å²) in [6, 6.07) is 21.1. The van der Waals surface area contributed by atoms with Crippen LogP contribution in [0.15, 0.2) is 72.8 Å². The van der Waals surface area contributed by atoms with Crippen molar-refractivity contribution in [3.05, 3.63) is 94.5 Å². The van der Waals surface area contributed by atoms with Crippen molar-refractivity contribution >= 4 is 29.2 Å². The Kier molecular flexibility index (Phi) is 4.52. The van der Waals surface area contributed by atoms with Crippen LogP contribution in [-0.2, 0) is 0 Å². The van der Waals surface area contributed by atoms with E-state index < -0.39 is 17.8 Å². The van der Waals surface area contributed by atoms with Crippen LogP contribution in [0, 0.1) is 6.92 Å². The van der Waals surface area contributed by atoms with Crippen molar-refractivity contribution in [1.82, 2.24) is 4.90 Å². The summed E-state index contributed by atoms with van der Waals surface area (Å²) < 4.78 is 6.35. The highest BCUT2D eigenvalue weighted by Gasteiger charge is 2.55. The Bertz CT molecular complexity index is 1190. The number of urea groups is 1. The largest absolute Gasteiger partial charge is 0.467 e. The smallest absolute Gasteiger partial charge is 0.335 e. The van der Waals surface area contributed by atoms with Gasteiger partial charge in [-0.2, -0.15) is 0 Å². The second kappa shape index (κ2) is 7.13. The summed E-state index contributed by atoms with van der Waals surface area (Å²) in [5.41, 5.74) is 1.86. The van der Waals surface area contributed by atoms with Crippen molar-refractivity contribution in [3.8, 4) is 5.75 Å². The van der Waals surface area contributed by atoms with Gasteiger partial charge in [0.05, 0.1) is 6.04 Å². The number of halogens is 1. The molecule has 0 N–H and O–H groups in total. The van der Waals surface area contributed by atoms with E-state index in [9.17, 15) is 9.59 Å². The van der Waals surface area contributed by atoms with Crippen LogP contribution in [0.4, 0.5) is 10.5 Å². The first-order chi connectivity index (χ1) is 14.9.